The monoisotopic (exact) mass is 183 g/mol. The first-order valence-electron chi connectivity index (χ1n) is 5.30. The summed E-state index contributed by atoms with van der Waals surface area (Å²) in [6, 6.07) is 0. The highest BCUT2D eigenvalue weighted by molar-refractivity contribution is 5.69. The van der Waals surface area contributed by atoms with Gasteiger partial charge < -0.3 is 4.84 Å². The minimum absolute atomic E-state index is 0.0237. The molecule has 3 heteroatoms. The lowest BCUT2D eigenvalue weighted by Gasteiger charge is -2.24. The minimum atomic E-state index is -0.0237. The lowest BCUT2D eigenvalue weighted by atomic mass is 10.2. The quantitative estimate of drug-likeness (QED) is 0.667. The number of carbonyl (C=O) groups is 1. The molecule has 0 aromatic heterocycles. The summed E-state index contributed by atoms with van der Waals surface area (Å²) in [5.74, 6) is 0.613. The molecular formula is C10H17NO2. The van der Waals surface area contributed by atoms with Crippen molar-refractivity contribution >= 4 is 5.97 Å². The van der Waals surface area contributed by atoms with Crippen LogP contribution in [0.1, 0.15) is 38.5 Å². The van der Waals surface area contributed by atoms with Crippen LogP contribution in [-0.2, 0) is 9.63 Å². The summed E-state index contributed by atoms with van der Waals surface area (Å²) < 4.78 is 0. The molecule has 0 bridgehead atoms. The van der Waals surface area contributed by atoms with Gasteiger partial charge in [0, 0.05) is 13.1 Å². The molecule has 1 saturated heterocycles. The van der Waals surface area contributed by atoms with Gasteiger partial charge >= 0.3 is 5.97 Å². The Bertz CT molecular complexity index is 183. The van der Waals surface area contributed by atoms with Crippen LogP contribution < -0.4 is 0 Å². The Kier molecular flexibility index (Phi) is 2.83. The van der Waals surface area contributed by atoms with Crippen LogP contribution in [0.15, 0.2) is 0 Å². The summed E-state index contributed by atoms with van der Waals surface area (Å²) >= 11 is 0. The van der Waals surface area contributed by atoms with Gasteiger partial charge in [-0.25, -0.2) is 0 Å². The zero-order valence-corrected chi connectivity index (χ0v) is 8.00. The van der Waals surface area contributed by atoms with Crippen LogP contribution in [0.3, 0.4) is 0 Å². The first kappa shape index (κ1) is 9.00. The Labute approximate surface area is 79.0 Å². The Morgan fingerprint density at radius 3 is 2.54 bits per heavy atom. The highest BCUT2D eigenvalue weighted by Crippen LogP contribution is 2.32. The van der Waals surface area contributed by atoms with Crippen molar-refractivity contribution in [1.29, 1.82) is 0 Å². The van der Waals surface area contributed by atoms with E-state index in [1.54, 1.807) is 0 Å². The summed E-state index contributed by atoms with van der Waals surface area (Å²) in [6.45, 7) is 1.85. The maximum atomic E-state index is 11.3. The topological polar surface area (TPSA) is 29.5 Å². The van der Waals surface area contributed by atoms with Crippen LogP contribution in [0.5, 0.6) is 0 Å². The molecule has 3 nitrogen and oxygen atoms in total. The number of hydrogen-bond donors (Lipinski definition) is 0. The number of piperidine rings is 1. The predicted molar refractivity (Wildman–Crippen MR) is 48.9 cm³/mol. The van der Waals surface area contributed by atoms with Crippen LogP contribution in [-0.4, -0.2) is 24.1 Å². The molecule has 2 rings (SSSR count). The molecule has 0 aromatic carbocycles. The van der Waals surface area contributed by atoms with Crippen molar-refractivity contribution in [2.24, 2.45) is 5.92 Å². The number of carbonyl (C=O) groups excluding carboxylic acids is 1. The van der Waals surface area contributed by atoms with E-state index in [1.165, 1.54) is 19.3 Å². The van der Waals surface area contributed by atoms with E-state index < -0.39 is 0 Å². The summed E-state index contributed by atoms with van der Waals surface area (Å²) in [5.41, 5.74) is 0. The van der Waals surface area contributed by atoms with Crippen LogP contribution in [0.2, 0.25) is 0 Å². The molecule has 2 aliphatic rings. The van der Waals surface area contributed by atoms with E-state index >= 15 is 0 Å². The zero-order chi connectivity index (χ0) is 9.10. The summed E-state index contributed by atoms with van der Waals surface area (Å²) in [4.78, 5) is 16.5. The van der Waals surface area contributed by atoms with Crippen molar-refractivity contribution in [2.75, 3.05) is 13.1 Å². The Morgan fingerprint density at radius 1 is 1.23 bits per heavy atom. The van der Waals surface area contributed by atoms with Crippen molar-refractivity contribution in [3.8, 4) is 0 Å². The molecule has 1 aliphatic heterocycles. The van der Waals surface area contributed by atoms with E-state index in [4.69, 9.17) is 4.84 Å². The molecule has 0 N–H and O–H groups in total. The van der Waals surface area contributed by atoms with Gasteiger partial charge in [-0.1, -0.05) is 6.42 Å². The molecule has 0 unspecified atom stereocenters. The van der Waals surface area contributed by atoms with E-state index in [0.717, 1.165) is 25.9 Å². The van der Waals surface area contributed by atoms with Gasteiger partial charge in [0.25, 0.3) is 0 Å². The molecule has 1 saturated carbocycles. The van der Waals surface area contributed by atoms with E-state index in [0.29, 0.717) is 12.3 Å². The first-order chi connectivity index (χ1) is 6.34. The zero-order valence-electron chi connectivity index (χ0n) is 8.00. The highest BCUT2D eigenvalue weighted by atomic mass is 16.7. The van der Waals surface area contributed by atoms with Gasteiger partial charge in [0.05, 0.1) is 6.42 Å². The second kappa shape index (κ2) is 4.09. The van der Waals surface area contributed by atoms with Gasteiger partial charge in [-0.2, -0.15) is 0 Å². The maximum Gasteiger partial charge on any atom is 0.325 e. The fourth-order valence-electron chi connectivity index (χ4n) is 1.70. The van der Waals surface area contributed by atoms with Crippen molar-refractivity contribution in [3.05, 3.63) is 0 Å². The molecule has 1 heterocycles. The molecule has 0 atom stereocenters. The summed E-state index contributed by atoms with van der Waals surface area (Å²) in [6.07, 6.45) is 6.67. The number of rotatable bonds is 3. The average Bonchev–Trinajstić information content (AvgIpc) is 2.90. The third-order valence-electron chi connectivity index (χ3n) is 2.70. The molecule has 0 aromatic rings. The van der Waals surface area contributed by atoms with Gasteiger partial charge in [-0.15, -0.1) is 5.06 Å². The molecular weight excluding hydrogens is 166 g/mol. The van der Waals surface area contributed by atoms with Crippen LogP contribution >= 0.6 is 0 Å². The van der Waals surface area contributed by atoms with Gasteiger partial charge in [0.15, 0.2) is 0 Å². The molecule has 2 fully saturated rings. The maximum absolute atomic E-state index is 11.3. The molecule has 0 amide bonds. The Balaban J connectivity index is 1.66. The third-order valence-corrected chi connectivity index (χ3v) is 2.70. The van der Waals surface area contributed by atoms with Crippen molar-refractivity contribution in [1.82, 2.24) is 5.06 Å². The largest absolute Gasteiger partial charge is 0.368 e. The second-order valence-corrected chi connectivity index (χ2v) is 4.10. The van der Waals surface area contributed by atoms with Crippen LogP contribution in [0.25, 0.3) is 0 Å². The third kappa shape index (κ3) is 2.99. The fourth-order valence-corrected chi connectivity index (χ4v) is 1.70. The standard InChI is InChI=1S/C10H17NO2/c12-10(8-9-4-5-9)13-11-6-2-1-3-7-11/h9H,1-8H2. The summed E-state index contributed by atoms with van der Waals surface area (Å²) in [7, 11) is 0. The smallest absolute Gasteiger partial charge is 0.325 e. The molecule has 1 aliphatic carbocycles. The van der Waals surface area contributed by atoms with Gasteiger partial charge in [0.2, 0.25) is 0 Å². The van der Waals surface area contributed by atoms with E-state index in [9.17, 15) is 4.79 Å². The second-order valence-electron chi connectivity index (χ2n) is 4.10. The van der Waals surface area contributed by atoms with Crippen molar-refractivity contribution in [3.63, 3.8) is 0 Å². The molecule has 0 radical (unpaired) electrons. The number of nitrogens with zero attached hydrogens (tertiary/aromatic N) is 1. The molecule has 74 valence electrons. The highest BCUT2D eigenvalue weighted by Gasteiger charge is 2.26. The molecule has 0 spiro atoms. The van der Waals surface area contributed by atoms with Crippen molar-refractivity contribution in [2.45, 2.75) is 38.5 Å². The summed E-state index contributed by atoms with van der Waals surface area (Å²) in [5, 5.41) is 1.83. The SMILES string of the molecule is O=C(CC1CC1)ON1CCCCC1. The number of hydrogen-bond acceptors (Lipinski definition) is 3. The average molecular weight is 183 g/mol. The van der Waals surface area contributed by atoms with Gasteiger partial charge in [-0.3, -0.25) is 4.79 Å². The first-order valence-corrected chi connectivity index (χ1v) is 5.30. The fraction of sp³-hybridized carbons (Fsp3) is 0.900. The minimum Gasteiger partial charge on any atom is -0.368 e. The lowest BCUT2D eigenvalue weighted by Crippen LogP contribution is -2.32. The van der Waals surface area contributed by atoms with Crippen molar-refractivity contribution < 1.29 is 9.63 Å². The Morgan fingerprint density at radius 2 is 1.92 bits per heavy atom. The van der Waals surface area contributed by atoms with Gasteiger partial charge in [0.1, 0.15) is 0 Å². The van der Waals surface area contributed by atoms with E-state index in [2.05, 4.69) is 0 Å². The lowest BCUT2D eigenvalue weighted by molar-refractivity contribution is -0.194. The van der Waals surface area contributed by atoms with Gasteiger partial charge in [-0.05, 0) is 31.6 Å². The van der Waals surface area contributed by atoms with Crippen LogP contribution in [0.4, 0.5) is 0 Å². The normalized spacial score (nSPS) is 24.3. The van der Waals surface area contributed by atoms with E-state index in [1.807, 2.05) is 5.06 Å². The van der Waals surface area contributed by atoms with E-state index in [-0.39, 0.29) is 5.97 Å². The molecule has 13 heavy (non-hydrogen) atoms. The predicted octanol–water partition coefficient (Wildman–Crippen LogP) is 1.73. The van der Waals surface area contributed by atoms with Crippen LogP contribution in [0, 0.1) is 5.92 Å². The Hall–Kier alpha value is -0.570. The number of hydroxylamine groups is 2.